The second-order valence-corrected chi connectivity index (χ2v) is 13.5. The third-order valence-electron chi connectivity index (χ3n) is 9.44. The first-order chi connectivity index (χ1) is 22.2. The van der Waals surface area contributed by atoms with Gasteiger partial charge in [-0.2, -0.15) is 5.10 Å². The van der Waals surface area contributed by atoms with Crippen molar-refractivity contribution in [3.05, 3.63) is 94.7 Å². The van der Waals surface area contributed by atoms with Crippen molar-refractivity contribution in [1.29, 1.82) is 0 Å². The Morgan fingerprint density at radius 1 is 0.935 bits per heavy atom. The molecule has 0 N–H and O–H groups in total. The molecule has 0 aliphatic carbocycles. The summed E-state index contributed by atoms with van der Waals surface area (Å²) in [5.41, 5.74) is 9.12. The second-order valence-electron chi connectivity index (χ2n) is 13.5. The van der Waals surface area contributed by atoms with E-state index in [1.807, 2.05) is 24.2 Å². The van der Waals surface area contributed by atoms with Gasteiger partial charge in [0.2, 0.25) is 0 Å². The molecule has 0 unspecified atom stereocenters. The van der Waals surface area contributed by atoms with E-state index in [1.54, 1.807) is 23.0 Å². The number of aromatic nitrogens is 3. The quantitative estimate of drug-likeness (QED) is 0.179. The Morgan fingerprint density at radius 2 is 1.63 bits per heavy atom. The molecule has 244 valence electrons. The van der Waals surface area contributed by atoms with Gasteiger partial charge in [0.15, 0.2) is 0 Å². The normalized spacial score (nSPS) is 16.3. The van der Waals surface area contributed by atoms with E-state index >= 15 is 0 Å². The van der Waals surface area contributed by atoms with Crippen LogP contribution in [-0.2, 0) is 13.6 Å². The van der Waals surface area contributed by atoms with Crippen molar-refractivity contribution >= 4 is 5.91 Å². The van der Waals surface area contributed by atoms with Crippen LogP contribution in [0.4, 0.5) is 4.39 Å². The number of carbonyl (C=O) groups is 1. The number of likely N-dealkylation sites (tertiary alicyclic amines) is 1. The van der Waals surface area contributed by atoms with E-state index in [2.05, 4.69) is 60.9 Å². The maximum Gasteiger partial charge on any atom is 0.256 e. The Morgan fingerprint density at radius 3 is 2.35 bits per heavy atom. The van der Waals surface area contributed by atoms with Crippen molar-refractivity contribution in [1.82, 2.24) is 24.6 Å². The average molecular weight is 624 g/mol. The van der Waals surface area contributed by atoms with Gasteiger partial charge in [-0.05, 0) is 122 Å². The van der Waals surface area contributed by atoms with Crippen LogP contribution in [0.15, 0.2) is 77.7 Å². The highest BCUT2D eigenvalue weighted by Gasteiger charge is 2.33. The van der Waals surface area contributed by atoms with E-state index in [4.69, 9.17) is 0 Å². The highest BCUT2D eigenvalue weighted by molar-refractivity contribution is 6.05. The molecular weight excluding hydrogens is 573 g/mol. The number of hydrogen-bond acceptors (Lipinski definition) is 4. The lowest BCUT2D eigenvalue weighted by molar-refractivity contribution is 0.0759. The SMILES string of the molecule is CC(C)=CCC/C(C)=C/CC/C(C)=C/CN1CCC(CCN2Cc3nccc(-c4cn(C)nc4-c4ccc(F)cc4)c3C2=O)CC1. The van der Waals surface area contributed by atoms with Gasteiger partial charge in [0.25, 0.3) is 5.91 Å². The highest BCUT2D eigenvalue weighted by Crippen LogP contribution is 2.37. The highest BCUT2D eigenvalue weighted by atomic mass is 19.1. The van der Waals surface area contributed by atoms with Crippen molar-refractivity contribution in [2.75, 3.05) is 26.2 Å². The summed E-state index contributed by atoms with van der Waals surface area (Å²) in [6.07, 6.45) is 18.8. The molecule has 7 heteroatoms. The summed E-state index contributed by atoms with van der Waals surface area (Å²) in [4.78, 5) is 22.9. The van der Waals surface area contributed by atoms with Gasteiger partial charge < -0.3 is 4.90 Å². The molecule has 6 nitrogen and oxygen atoms in total. The largest absolute Gasteiger partial charge is 0.333 e. The number of halogens is 1. The molecule has 1 fully saturated rings. The molecule has 2 aromatic heterocycles. The van der Waals surface area contributed by atoms with E-state index in [0.29, 0.717) is 18.0 Å². The molecule has 2 aliphatic rings. The molecule has 1 saturated heterocycles. The van der Waals surface area contributed by atoms with Gasteiger partial charge in [-0.25, -0.2) is 4.39 Å². The Labute approximate surface area is 274 Å². The number of amides is 1. The van der Waals surface area contributed by atoms with E-state index in [-0.39, 0.29) is 11.7 Å². The van der Waals surface area contributed by atoms with Crippen LogP contribution in [0.2, 0.25) is 0 Å². The molecule has 1 amide bonds. The number of nitrogens with zero attached hydrogens (tertiary/aromatic N) is 5. The van der Waals surface area contributed by atoms with Gasteiger partial charge in [-0.3, -0.25) is 19.4 Å². The van der Waals surface area contributed by atoms with Crippen molar-refractivity contribution in [2.45, 2.75) is 79.2 Å². The number of fused-ring (bicyclic) bond motifs is 1. The average Bonchev–Trinajstić information content (AvgIpc) is 3.58. The fourth-order valence-electron chi connectivity index (χ4n) is 6.61. The van der Waals surface area contributed by atoms with Gasteiger partial charge in [0.1, 0.15) is 11.5 Å². The number of carbonyl (C=O) groups excluding carboxylic acids is 1. The number of aryl methyl sites for hydroxylation is 1. The number of rotatable bonds is 13. The van der Waals surface area contributed by atoms with Gasteiger partial charge >= 0.3 is 0 Å². The first-order valence-corrected chi connectivity index (χ1v) is 16.9. The standard InChI is InChI=1S/C39H50FN5O/c1-28(2)8-6-9-29(3)10-7-11-30(4)17-22-44-23-18-31(19-24-44)20-25-45-27-36-37(39(45)46)34(16-21-41-36)35-26-43(5)42-38(35)32-12-14-33(40)15-13-32/h8,10,12-17,21,26,31H,6-7,9,11,18-20,22-25,27H2,1-5H3/b29-10+,30-17+. The second kappa shape index (κ2) is 15.6. The zero-order chi connectivity index (χ0) is 32.6. The Bertz CT molecular complexity index is 1590. The predicted octanol–water partition coefficient (Wildman–Crippen LogP) is 8.77. The topological polar surface area (TPSA) is 54.3 Å². The van der Waals surface area contributed by atoms with Crippen LogP contribution >= 0.6 is 0 Å². The van der Waals surface area contributed by atoms with Crippen LogP contribution in [0.25, 0.3) is 22.4 Å². The van der Waals surface area contributed by atoms with E-state index < -0.39 is 0 Å². The van der Waals surface area contributed by atoms with Crippen LogP contribution in [-0.4, -0.2) is 56.7 Å². The summed E-state index contributed by atoms with van der Waals surface area (Å²) < 4.78 is 15.3. The lowest BCUT2D eigenvalue weighted by Crippen LogP contribution is -2.35. The lowest BCUT2D eigenvalue weighted by atomic mass is 9.93. The zero-order valence-electron chi connectivity index (χ0n) is 28.4. The fourth-order valence-corrected chi connectivity index (χ4v) is 6.61. The molecule has 0 bridgehead atoms. The first kappa shape index (κ1) is 33.5. The third-order valence-corrected chi connectivity index (χ3v) is 9.44. The zero-order valence-corrected chi connectivity index (χ0v) is 28.4. The monoisotopic (exact) mass is 623 g/mol. The number of hydrogen-bond donors (Lipinski definition) is 0. The summed E-state index contributed by atoms with van der Waals surface area (Å²) >= 11 is 0. The van der Waals surface area contributed by atoms with Gasteiger partial charge in [0, 0.05) is 49.2 Å². The maximum absolute atomic E-state index is 13.7. The van der Waals surface area contributed by atoms with Crippen molar-refractivity contribution in [2.24, 2.45) is 13.0 Å². The smallest absolute Gasteiger partial charge is 0.256 e. The van der Waals surface area contributed by atoms with E-state index in [9.17, 15) is 9.18 Å². The van der Waals surface area contributed by atoms with Gasteiger partial charge in [-0.15, -0.1) is 0 Å². The minimum absolute atomic E-state index is 0.0444. The fraction of sp³-hybridized carbons (Fsp3) is 0.462. The molecule has 0 radical (unpaired) electrons. The minimum atomic E-state index is -0.287. The molecule has 3 aromatic rings. The summed E-state index contributed by atoms with van der Waals surface area (Å²) in [5, 5.41) is 4.65. The van der Waals surface area contributed by atoms with Crippen molar-refractivity contribution < 1.29 is 9.18 Å². The van der Waals surface area contributed by atoms with Crippen LogP contribution in [0.3, 0.4) is 0 Å². The van der Waals surface area contributed by atoms with Crippen LogP contribution in [0.1, 0.15) is 88.7 Å². The number of pyridine rings is 1. The lowest BCUT2D eigenvalue weighted by Gasteiger charge is -2.32. The summed E-state index contributed by atoms with van der Waals surface area (Å²) in [5.74, 6) is 0.390. The van der Waals surface area contributed by atoms with Crippen LogP contribution in [0, 0.1) is 11.7 Å². The summed E-state index contributed by atoms with van der Waals surface area (Å²) in [6, 6.07) is 8.24. The Balaban J connectivity index is 1.10. The van der Waals surface area contributed by atoms with Crippen molar-refractivity contribution in [3.8, 4) is 22.4 Å². The van der Waals surface area contributed by atoms with Gasteiger partial charge in [0.05, 0.1) is 17.8 Å². The molecule has 46 heavy (non-hydrogen) atoms. The third kappa shape index (κ3) is 8.69. The maximum atomic E-state index is 13.7. The number of allylic oxidation sites excluding steroid dienone is 5. The molecule has 0 spiro atoms. The molecule has 2 aliphatic heterocycles. The minimum Gasteiger partial charge on any atom is -0.333 e. The van der Waals surface area contributed by atoms with Crippen LogP contribution in [0.5, 0.6) is 0 Å². The number of benzene rings is 1. The predicted molar refractivity (Wildman–Crippen MR) is 186 cm³/mol. The summed E-state index contributed by atoms with van der Waals surface area (Å²) in [7, 11) is 1.86. The molecule has 4 heterocycles. The van der Waals surface area contributed by atoms with E-state index in [0.717, 1.165) is 86.4 Å². The molecular formula is C39H50FN5O. The Hall–Kier alpha value is -3.84. The van der Waals surface area contributed by atoms with Crippen LogP contribution < -0.4 is 0 Å². The molecule has 0 atom stereocenters. The van der Waals surface area contributed by atoms with Gasteiger partial charge in [-0.1, -0.05) is 34.9 Å². The Kier molecular flexibility index (Phi) is 11.4. The van der Waals surface area contributed by atoms with E-state index in [1.165, 1.54) is 41.7 Å². The molecule has 1 aromatic carbocycles. The first-order valence-electron chi connectivity index (χ1n) is 16.9. The van der Waals surface area contributed by atoms with Crippen molar-refractivity contribution in [3.63, 3.8) is 0 Å². The molecule has 0 saturated carbocycles. The summed E-state index contributed by atoms with van der Waals surface area (Å²) in [6.45, 7) is 13.4. The molecule has 5 rings (SSSR count). The number of piperidine rings is 1.